The highest BCUT2D eigenvalue weighted by Crippen LogP contribution is 2.16. The van der Waals surface area contributed by atoms with Gasteiger partial charge in [0.15, 0.2) is 0 Å². The van der Waals surface area contributed by atoms with Crippen molar-refractivity contribution in [3.63, 3.8) is 0 Å². The maximum Gasteiger partial charge on any atom is 0.307 e. The Bertz CT molecular complexity index is 298. The molecule has 1 aromatic rings. The molecule has 1 N–H and O–H groups in total. The van der Waals surface area contributed by atoms with Gasteiger partial charge < -0.3 is 10.1 Å². The summed E-state index contributed by atoms with van der Waals surface area (Å²) in [5, 5.41) is 3.11. The van der Waals surface area contributed by atoms with Crippen molar-refractivity contribution in [3.8, 4) is 0 Å². The molecule has 0 saturated heterocycles. The van der Waals surface area contributed by atoms with Crippen LogP contribution >= 0.6 is 0 Å². The first-order chi connectivity index (χ1) is 7.27. The molecular weight excluding hydrogens is 190 g/mol. The zero-order valence-electron chi connectivity index (χ0n) is 9.19. The van der Waals surface area contributed by atoms with E-state index in [0.29, 0.717) is 13.0 Å². The van der Waals surface area contributed by atoms with Crippen molar-refractivity contribution in [3.05, 3.63) is 35.9 Å². The first-order valence-electron chi connectivity index (χ1n) is 5.15. The number of hydrogen-bond acceptors (Lipinski definition) is 3. The number of rotatable bonds is 5. The second-order valence-corrected chi connectivity index (χ2v) is 3.26. The van der Waals surface area contributed by atoms with Gasteiger partial charge in [0.05, 0.1) is 13.0 Å². The molecule has 0 spiro atoms. The number of esters is 1. The fraction of sp³-hybridized carbons (Fsp3) is 0.417. The van der Waals surface area contributed by atoms with Crippen molar-refractivity contribution in [2.45, 2.75) is 19.4 Å². The average molecular weight is 207 g/mol. The van der Waals surface area contributed by atoms with Gasteiger partial charge >= 0.3 is 5.97 Å². The molecule has 0 amide bonds. The second-order valence-electron chi connectivity index (χ2n) is 3.26. The molecule has 0 saturated carbocycles. The van der Waals surface area contributed by atoms with Gasteiger partial charge in [-0.05, 0) is 19.5 Å². The Morgan fingerprint density at radius 1 is 1.40 bits per heavy atom. The van der Waals surface area contributed by atoms with E-state index in [0.717, 1.165) is 5.56 Å². The fourth-order valence-electron chi connectivity index (χ4n) is 1.46. The van der Waals surface area contributed by atoms with Crippen LogP contribution in [0.3, 0.4) is 0 Å². The lowest BCUT2D eigenvalue weighted by atomic mass is 10.0. The van der Waals surface area contributed by atoms with E-state index in [-0.39, 0.29) is 12.0 Å². The first kappa shape index (κ1) is 11.7. The zero-order valence-corrected chi connectivity index (χ0v) is 9.19. The Morgan fingerprint density at radius 2 is 2.07 bits per heavy atom. The van der Waals surface area contributed by atoms with Crippen molar-refractivity contribution in [1.82, 2.24) is 5.32 Å². The van der Waals surface area contributed by atoms with E-state index in [1.165, 1.54) is 0 Å². The van der Waals surface area contributed by atoms with Crippen molar-refractivity contribution >= 4 is 5.97 Å². The summed E-state index contributed by atoms with van der Waals surface area (Å²) in [6.07, 6.45) is 0.369. The molecule has 0 aromatic heterocycles. The molecule has 3 heteroatoms. The van der Waals surface area contributed by atoms with E-state index in [9.17, 15) is 4.79 Å². The highest BCUT2D eigenvalue weighted by molar-refractivity contribution is 5.70. The van der Waals surface area contributed by atoms with Gasteiger partial charge in [0.25, 0.3) is 0 Å². The van der Waals surface area contributed by atoms with E-state index in [2.05, 4.69) is 5.32 Å². The molecule has 1 aromatic carbocycles. The Balaban J connectivity index is 2.61. The number of nitrogens with one attached hydrogen (secondary N) is 1. The van der Waals surface area contributed by atoms with Gasteiger partial charge in [-0.3, -0.25) is 4.79 Å². The van der Waals surface area contributed by atoms with Crippen LogP contribution in [-0.4, -0.2) is 19.6 Å². The quantitative estimate of drug-likeness (QED) is 0.749. The van der Waals surface area contributed by atoms with E-state index in [1.54, 1.807) is 0 Å². The third-order valence-corrected chi connectivity index (χ3v) is 2.23. The molecular formula is C12H17NO2. The third-order valence-electron chi connectivity index (χ3n) is 2.23. The fourth-order valence-corrected chi connectivity index (χ4v) is 1.46. The van der Waals surface area contributed by atoms with Crippen LogP contribution in [0.15, 0.2) is 30.3 Å². The van der Waals surface area contributed by atoms with E-state index in [1.807, 2.05) is 44.3 Å². The second kappa shape index (κ2) is 6.19. The van der Waals surface area contributed by atoms with Crippen LogP contribution in [0.5, 0.6) is 0 Å². The smallest absolute Gasteiger partial charge is 0.307 e. The van der Waals surface area contributed by atoms with Gasteiger partial charge in [-0.25, -0.2) is 0 Å². The Morgan fingerprint density at radius 3 is 2.60 bits per heavy atom. The summed E-state index contributed by atoms with van der Waals surface area (Å²) in [5.74, 6) is -0.166. The summed E-state index contributed by atoms with van der Waals surface area (Å²) in [7, 11) is 1.84. The Hall–Kier alpha value is -1.35. The van der Waals surface area contributed by atoms with Crippen molar-refractivity contribution in [1.29, 1.82) is 0 Å². The molecule has 1 rings (SSSR count). The molecule has 1 atom stereocenters. The van der Waals surface area contributed by atoms with Gasteiger partial charge in [-0.1, -0.05) is 30.3 Å². The Kier molecular flexibility index (Phi) is 4.84. The van der Waals surface area contributed by atoms with Crippen molar-refractivity contribution in [2.75, 3.05) is 13.7 Å². The summed E-state index contributed by atoms with van der Waals surface area (Å²) in [5.41, 5.74) is 1.10. The maximum absolute atomic E-state index is 11.3. The summed E-state index contributed by atoms with van der Waals surface area (Å²) < 4.78 is 4.92. The number of benzene rings is 1. The van der Waals surface area contributed by atoms with Crippen LogP contribution in [0.1, 0.15) is 24.9 Å². The van der Waals surface area contributed by atoms with Crippen LogP contribution in [-0.2, 0) is 9.53 Å². The third kappa shape index (κ3) is 3.72. The summed E-state index contributed by atoms with van der Waals surface area (Å²) >= 11 is 0. The van der Waals surface area contributed by atoms with Crippen molar-refractivity contribution in [2.24, 2.45) is 0 Å². The maximum atomic E-state index is 11.3. The zero-order chi connectivity index (χ0) is 11.1. The number of ether oxygens (including phenoxy) is 1. The lowest BCUT2D eigenvalue weighted by Crippen LogP contribution is -2.21. The minimum Gasteiger partial charge on any atom is -0.466 e. The molecule has 1 unspecified atom stereocenters. The van der Waals surface area contributed by atoms with Crippen LogP contribution in [0.4, 0.5) is 0 Å². The normalized spacial score (nSPS) is 12.1. The number of carbonyl (C=O) groups is 1. The van der Waals surface area contributed by atoms with E-state index in [4.69, 9.17) is 4.74 Å². The molecule has 0 aliphatic carbocycles. The molecule has 0 aliphatic rings. The van der Waals surface area contributed by atoms with E-state index >= 15 is 0 Å². The van der Waals surface area contributed by atoms with E-state index < -0.39 is 0 Å². The van der Waals surface area contributed by atoms with Crippen LogP contribution in [0, 0.1) is 0 Å². The highest BCUT2D eigenvalue weighted by Gasteiger charge is 2.14. The molecule has 0 bridgehead atoms. The SMILES string of the molecule is CCOC(=O)CC(NC)c1ccccc1. The minimum absolute atomic E-state index is 0.0326. The van der Waals surface area contributed by atoms with Crippen LogP contribution in [0.25, 0.3) is 0 Å². The van der Waals surface area contributed by atoms with Gasteiger partial charge in [-0.15, -0.1) is 0 Å². The highest BCUT2D eigenvalue weighted by atomic mass is 16.5. The average Bonchev–Trinajstić information content (AvgIpc) is 2.27. The largest absolute Gasteiger partial charge is 0.466 e. The van der Waals surface area contributed by atoms with Gasteiger partial charge in [0.1, 0.15) is 0 Å². The van der Waals surface area contributed by atoms with Gasteiger partial charge in [0.2, 0.25) is 0 Å². The Labute approximate surface area is 90.4 Å². The van der Waals surface area contributed by atoms with Crippen LogP contribution in [0.2, 0.25) is 0 Å². The van der Waals surface area contributed by atoms with Gasteiger partial charge in [-0.2, -0.15) is 0 Å². The lowest BCUT2D eigenvalue weighted by molar-refractivity contribution is -0.143. The molecule has 82 valence electrons. The molecule has 3 nitrogen and oxygen atoms in total. The molecule has 15 heavy (non-hydrogen) atoms. The standard InChI is InChI=1S/C12H17NO2/c1-3-15-12(14)9-11(13-2)10-7-5-4-6-8-10/h4-8,11,13H,3,9H2,1-2H3. The summed E-state index contributed by atoms with van der Waals surface area (Å²) in [6.45, 7) is 2.25. The summed E-state index contributed by atoms with van der Waals surface area (Å²) in [6, 6.07) is 9.92. The molecule has 0 fully saturated rings. The van der Waals surface area contributed by atoms with Gasteiger partial charge in [0, 0.05) is 6.04 Å². The predicted molar refractivity (Wildman–Crippen MR) is 59.5 cm³/mol. The molecule has 0 aliphatic heterocycles. The first-order valence-corrected chi connectivity index (χ1v) is 5.15. The molecule has 0 radical (unpaired) electrons. The topological polar surface area (TPSA) is 38.3 Å². The molecule has 0 heterocycles. The minimum atomic E-state index is -0.166. The monoisotopic (exact) mass is 207 g/mol. The number of hydrogen-bond donors (Lipinski definition) is 1. The van der Waals surface area contributed by atoms with Crippen LogP contribution < -0.4 is 5.32 Å². The summed E-state index contributed by atoms with van der Waals surface area (Å²) in [4.78, 5) is 11.3. The predicted octanol–water partition coefficient (Wildman–Crippen LogP) is 1.90. The lowest BCUT2D eigenvalue weighted by Gasteiger charge is -2.15. The number of carbonyl (C=O) groups excluding carboxylic acids is 1. The van der Waals surface area contributed by atoms with Crippen molar-refractivity contribution < 1.29 is 9.53 Å².